The van der Waals surface area contributed by atoms with Crippen molar-refractivity contribution in [1.82, 2.24) is 5.32 Å². The Balaban J connectivity index is 2.14. The molecule has 0 saturated carbocycles. The molecular weight excluding hydrogens is 248 g/mol. The number of benzene rings is 1. The maximum Gasteiger partial charge on any atom is 0.224 e. The summed E-state index contributed by atoms with van der Waals surface area (Å²) in [6.45, 7) is 7.67. The highest BCUT2D eigenvalue weighted by Crippen LogP contribution is 2.28. The van der Waals surface area contributed by atoms with Gasteiger partial charge in [-0.15, -0.1) is 0 Å². The Hall–Kier alpha value is -1.35. The van der Waals surface area contributed by atoms with E-state index in [0.717, 1.165) is 31.0 Å². The number of carbonyl (C=O) groups excluding carboxylic acids is 1. The molecule has 0 saturated heterocycles. The van der Waals surface area contributed by atoms with Gasteiger partial charge in [0, 0.05) is 18.2 Å². The van der Waals surface area contributed by atoms with Gasteiger partial charge in [-0.05, 0) is 48.9 Å². The molecule has 1 aromatic rings. The molecule has 0 bridgehead atoms. The summed E-state index contributed by atoms with van der Waals surface area (Å²) in [7, 11) is 0. The van der Waals surface area contributed by atoms with Gasteiger partial charge in [0.2, 0.25) is 5.91 Å². The predicted octanol–water partition coefficient (Wildman–Crippen LogP) is 3.66. The van der Waals surface area contributed by atoms with Crippen LogP contribution in [0.3, 0.4) is 0 Å². The van der Waals surface area contributed by atoms with E-state index in [1.54, 1.807) is 0 Å². The Kier molecular flexibility index (Phi) is 5.18. The van der Waals surface area contributed by atoms with Crippen LogP contribution in [0.4, 0.5) is 5.69 Å². The highest BCUT2D eigenvalue weighted by atomic mass is 16.1. The minimum atomic E-state index is 0.133. The Morgan fingerprint density at radius 3 is 2.75 bits per heavy atom. The molecule has 1 unspecified atom stereocenters. The van der Waals surface area contributed by atoms with Gasteiger partial charge in [0.1, 0.15) is 0 Å². The van der Waals surface area contributed by atoms with Gasteiger partial charge in [0.15, 0.2) is 0 Å². The number of rotatable bonds is 6. The second-order valence-electron chi connectivity index (χ2n) is 6.05. The fraction of sp³-hybridized carbons (Fsp3) is 0.588. The molecule has 3 nitrogen and oxygen atoms in total. The number of amides is 1. The Morgan fingerprint density at radius 1 is 1.25 bits per heavy atom. The van der Waals surface area contributed by atoms with Gasteiger partial charge >= 0.3 is 0 Å². The van der Waals surface area contributed by atoms with Gasteiger partial charge in [-0.25, -0.2) is 0 Å². The van der Waals surface area contributed by atoms with Crippen LogP contribution in [0, 0.1) is 5.92 Å². The summed E-state index contributed by atoms with van der Waals surface area (Å²) in [5.74, 6) is 0.862. The molecule has 1 aliphatic rings. The summed E-state index contributed by atoms with van der Waals surface area (Å²) in [6, 6.07) is 6.90. The number of anilines is 1. The van der Waals surface area contributed by atoms with Crippen LogP contribution in [0.25, 0.3) is 0 Å². The van der Waals surface area contributed by atoms with Crippen LogP contribution in [0.15, 0.2) is 18.2 Å². The molecule has 1 aliphatic heterocycles. The van der Waals surface area contributed by atoms with E-state index in [9.17, 15) is 4.79 Å². The fourth-order valence-corrected chi connectivity index (χ4v) is 2.75. The van der Waals surface area contributed by atoms with E-state index in [0.29, 0.717) is 12.5 Å². The van der Waals surface area contributed by atoms with Crippen LogP contribution < -0.4 is 10.6 Å². The maximum absolute atomic E-state index is 11.4. The smallest absolute Gasteiger partial charge is 0.224 e. The first kappa shape index (κ1) is 15.0. The van der Waals surface area contributed by atoms with Gasteiger partial charge in [-0.1, -0.05) is 32.9 Å². The van der Waals surface area contributed by atoms with Crippen molar-refractivity contribution in [3.63, 3.8) is 0 Å². The maximum atomic E-state index is 11.4. The van der Waals surface area contributed by atoms with Gasteiger partial charge in [0.05, 0.1) is 0 Å². The summed E-state index contributed by atoms with van der Waals surface area (Å²) in [4.78, 5) is 11.4. The Labute approximate surface area is 122 Å². The fourth-order valence-electron chi connectivity index (χ4n) is 2.75. The third-order valence-corrected chi connectivity index (χ3v) is 3.91. The van der Waals surface area contributed by atoms with E-state index in [-0.39, 0.29) is 5.91 Å². The third kappa shape index (κ3) is 3.83. The zero-order valence-corrected chi connectivity index (χ0v) is 12.8. The van der Waals surface area contributed by atoms with Crippen LogP contribution in [0.1, 0.15) is 57.2 Å². The number of fused-ring (bicyclic) bond motifs is 1. The lowest BCUT2D eigenvalue weighted by Crippen LogP contribution is -2.23. The number of aryl methyl sites for hydroxylation is 1. The SMILES string of the molecule is CCNC(CCC(C)C)c1ccc2c(c1)CCC(=O)N2. The molecule has 0 aliphatic carbocycles. The van der Waals surface area contributed by atoms with Crippen molar-refractivity contribution in [3.8, 4) is 0 Å². The molecule has 2 N–H and O–H groups in total. The lowest BCUT2D eigenvalue weighted by molar-refractivity contribution is -0.116. The Bertz CT molecular complexity index is 468. The van der Waals surface area contributed by atoms with Crippen molar-refractivity contribution in [2.45, 2.75) is 52.5 Å². The summed E-state index contributed by atoms with van der Waals surface area (Å²) in [5.41, 5.74) is 3.61. The highest BCUT2D eigenvalue weighted by molar-refractivity contribution is 5.93. The van der Waals surface area contributed by atoms with E-state index < -0.39 is 0 Å². The molecular formula is C17H26N2O. The van der Waals surface area contributed by atoms with E-state index in [2.05, 4.69) is 49.6 Å². The third-order valence-electron chi connectivity index (χ3n) is 3.91. The number of hydrogen-bond acceptors (Lipinski definition) is 2. The summed E-state index contributed by atoms with van der Waals surface area (Å²) >= 11 is 0. The predicted molar refractivity (Wildman–Crippen MR) is 83.9 cm³/mol. The van der Waals surface area contributed by atoms with Crippen LogP contribution in [0.2, 0.25) is 0 Å². The standard InChI is InChI=1S/C17H26N2O/c1-4-18-15(8-5-12(2)3)13-6-9-16-14(11-13)7-10-17(20)19-16/h6,9,11-12,15,18H,4-5,7-8,10H2,1-3H3,(H,19,20). The highest BCUT2D eigenvalue weighted by Gasteiger charge is 2.17. The zero-order valence-electron chi connectivity index (χ0n) is 12.8. The lowest BCUT2D eigenvalue weighted by atomic mass is 9.93. The van der Waals surface area contributed by atoms with Crippen LogP contribution in [-0.2, 0) is 11.2 Å². The van der Waals surface area contributed by atoms with Crippen molar-refractivity contribution >= 4 is 11.6 Å². The number of carbonyl (C=O) groups is 1. The first-order chi connectivity index (χ1) is 9.60. The average molecular weight is 274 g/mol. The molecule has 3 heteroatoms. The van der Waals surface area contributed by atoms with Crippen molar-refractivity contribution < 1.29 is 4.79 Å². The second-order valence-corrected chi connectivity index (χ2v) is 6.05. The molecule has 0 fully saturated rings. The molecule has 20 heavy (non-hydrogen) atoms. The van der Waals surface area contributed by atoms with Gasteiger partial charge < -0.3 is 10.6 Å². The second kappa shape index (κ2) is 6.89. The van der Waals surface area contributed by atoms with Crippen LogP contribution in [0.5, 0.6) is 0 Å². The quantitative estimate of drug-likeness (QED) is 0.831. The van der Waals surface area contributed by atoms with Gasteiger partial charge in [-0.3, -0.25) is 4.79 Å². The van der Waals surface area contributed by atoms with Gasteiger partial charge in [-0.2, -0.15) is 0 Å². The molecule has 1 aromatic carbocycles. The Morgan fingerprint density at radius 2 is 2.05 bits per heavy atom. The molecule has 0 spiro atoms. The van der Waals surface area contributed by atoms with E-state index in [4.69, 9.17) is 0 Å². The topological polar surface area (TPSA) is 41.1 Å². The normalized spacial score (nSPS) is 15.9. The van der Waals surface area contributed by atoms with Crippen molar-refractivity contribution in [2.75, 3.05) is 11.9 Å². The van der Waals surface area contributed by atoms with E-state index in [1.165, 1.54) is 17.5 Å². The molecule has 2 rings (SSSR count). The van der Waals surface area contributed by atoms with Gasteiger partial charge in [0.25, 0.3) is 0 Å². The summed E-state index contributed by atoms with van der Waals surface area (Å²) < 4.78 is 0. The summed E-state index contributed by atoms with van der Waals surface area (Å²) in [6.07, 6.45) is 3.86. The largest absolute Gasteiger partial charge is 0.326 e. The minimum absolute atomic E-state index is 0.133. The molecule has 1 amide bonds. The first-order valence-electron chi connectivity index (χ1n) is 7.76. The van der Waals surface area contributed by atoms with Crippen molar-refractivity contribution in [1.29, 1.82) is 0 Å². The molecule has 1 heterocycles. The van der Waals surface area contributed by atoms with E-state index >= 15 is 0 Å². The molecule has 1 atom stereocenters. The average Bonchev–Trinajstić information content (AvgIpc) is 2.42. The number of nitrogens with one attached hydrogen (secondary N) is 2. The number of hydrogen-bond donors (Lipinski definition) is 2. The monoisotopic (exact) mass is 274 g/mol. The molecule has 110 valence electrons. The lowest BCUT2D eigenvalue weighted by Gasteiger charge is -2.23. The molecule has 0 aromatic heterocycles. The van der Waals surface area contributed by atoms with E-state index in [1.807, 2.05) is 0 Å². The zero-order chi connectivity index (χ0) is 14.5. The first-order valence-corrected chi connectivity index (χ1v) is 7.76. The van der Waals surface area contributed by atoms with Crippen molar-refractivity contribution in [3.05, 3.63) is 29.3 Å². The van der Waals surface area contributed by atoms with Crippen LogP contribution in [-0.4, -0.2) is 12.5 Å². The molecule has 0 radical (unpaired) electrons. The van der Waals surface area contributed by atoms with Crippen molar-refractivity contribution in [2.24, 2.45) is 5.92 Å². The van der Waals surface area contributed by atoms with Crippen LogP contribution >= 0.6 is 0 Å². The summed E-state index contributed by atoms with van der Waals surface area (Å²) in [5, 5.41) is 6.53. The minimum Gasteiger partial charge on any atom is -0.326 e.